The van der Waals surface area contributed by atoms with E-state index >= 15 is 0 Å². The first-order chi connectivity index (χ1) is 3.29. The van der Waals surface area contributed by atoms with E-state index in [1.807, 2.05) is 0 Å². The minimum atomic E-state index is -0.690. The van der Waals surface area contributed by atoms with Gasteiger partial charge in [-0.3, -0.25) is 0 Å². The molecule has 0 fully saturated rings. The molecule has 0 aliphatic carbocycles. The summed E-state index contributed by atoms with van der Waals surface area (Å²) in [6, 6.07) is -0.690. The number of hydrogen-bond acceptors (Lipinski definition) is 1. The molecule has 0 spiro atoms. The minimum absolute atomic E-state index is 0.109. The lowest BCUT2D eigenvalue weighted by Crippen LogP contribution is -1.71. The summed E-state index contributed by atoms with van der Waals surface area (Å²) < 4.78 is 15.9. The van der Waals surface area contributed by atoms with Crippen LogP contribution in [-0.2, 0) is 4.74 Å². The van der Waals surface area contributed by atoms with Gasteiger partial charge in [0.2, 0.25) is 0 Å². The maximum absolute atomic E-state index is 11.7. The second-order valence-corrected chi connectivity index (χ2v) is 1.06. The fourth-order valence-corrected chi connectivity index (χ4v) is 0.288. The van der Waals surface area contributed by atoms with Crippen molar-refractivity contribution in [1.82, 2.24) is 0 Å². The summed E-state index contributed by atoms with van der Waals surface area (Å²) in [7, 11) is 0. The molecule has 0 saturated heterocycles. The topological polar surface area (TPSA) is 23.3 Å². The van der Waals surface area contributed by atoms with Crippen molar-refractivity contribution in [2.24, 2.45) is 0 Å². The Morgan fingerprint density at radius 3 is 2.71 bits per heavy atom. The molecule has 0 aromatic heterocycles. The fourth-order valence-electron chi connectivity index (χ4n) is 0.288. The Morgan fingerprint density at radius 2 is 2.57 bits per heavy atom. The van der Waals surface area contributed by atoms with Crippen molar-refractivity contribution in [3.8, 4) is 0 Å². The predicted molar refractivity (Wildman–Crippen MR) is 22.8 cm³/mol. The van der Waals surface area contributed by atoms with Crippen molar-refractivity contribution in [3.05, 3.63) is 30.0 Å². The summed E-state index contributed by atoms with van der Waals surface area (Å²) in [6.07, 6.45) is 0.975. The first-order valence-electron chi connectivity index (χ1n) is 1.72. The Kier molecular flexibility index (Phi) is 0.749. The van der Waals surface area contributed by atoms with Crippen molar-refractivity contribution in [2.45, 2.75) is 0 Å². The standard InChI is InChI=1S/C4H3FNO/c1-3-6-2-4(5)7-3/h2H,1H2/q-1. The highest BCUT2D eigenvalue weighted by atomic mass is 19.1. The molecule has 0 atom stereocenters. The Balaban J connectivity index is 2.58. The van der Waals surface area contributed by atoms with E-state index in [-0.39, 0.29) is 5.88 Å². The first kappa shape index (κ1) is 4.18. The lowest BCUT2D eigenvalue weighted by atomic mass is 10.9. The van der Waals surface area contributed by atoms with Gasteiger partial charge in [-0.15, -0.1) is 0 Å². The second kappa shape index (κ2) is 1.26. The lowest BCUT2D eigenvalue weighted by Gasteiger charge is -2.04. The van der Waals surface area contributed by atoms with Gasteiger partial charge in [0.25, 0.3) is 6.01 Å². The zero-order valence-electron chi connectivity index (χ0n) is 3.52. The molecule has 0 radical (unpaired) electrons. The molecule has 0 bridgehead atoms. The molecule has 0 amide bonds. The van der Waals surface area contributed by atoms with Crippen LogP contribution in [-0.4, -0.2) is 0 Å². The Hall–Kier alpha value is -0.990. The predicted octanol–water partition coefficient (Wildman–Crippen LogP) is 1.63. The van der Waals surface area contributed by atoms with Crippen molar-refractivity contribution in [1.29, 1.82) is 0 Å². The normalized spacial score (nSPS) is 17.9. The van der Waals surface area contributed by atoms with Crippen LogP contribution in [0.1, 0.15) is 0 Å². The molecule has 2 nitrogen and oxygen atoms in total. The summed E-state index contributed by atoms with van der Waals surface area (Å²) in [6.45, 7) is 3.22. The van der Waals surface area contributed by atoms with Crippen LogP contribution in [0.3, 0.4) is 0 Å². The average Bonchev–Trinajstić information content (AvgIpc) is 1.87. The third kappa shape index (κ3) is 0.707. The largest absolute Gasteiger partial charge is 0.629 e. The number of hydrogen-bond donors (Lipinski definition) is 0. The molecule has 0 aromatic rings. The van der Waals surface area contributed by atoms with Crippen molar-refractivity contribution >= 4 is 0 Å². The molecular formula is C4H3FNO-. The lowest BCUT2D eigenvalue weighted by molar-refractivity contribution is 0.240. The van der Waals surface area contributed by atoms with Crippen LogP contribution in [0.25, 0.3) is 5.32 Å². The van der Waals surface area contributed by atoms with Crippen molar-refractivity contribution in [3.63, 3.8) is 0 Å². The van der Waals surface area contributed by atoms with E-state index in [0.29, 0.717) is 0 Å². The highest BCUT2D eigenvalue weighted by Crippen LogP contribution is 2.20. The van der Waals surface area contributed by atoms with Crippen LogP contribution >= 0.6 is 0 Å². The SMILES string of the molecule is C=C1[N-]C=C(F)O1. The Labute approximate surface area is 40.3 Å². The van der Waals surface area contributed by atoms with Crippen LogP contribution in [0.15, 0.2) is 24.7 Å². The van der Waals surface area contributed by atoms with Crippen molar-refractivity contribution < 1.29 is 9.13 Å². The van der Waals surface area contributed by atoms with Gasteiger partial charge < -0.3 is 10.1 Å². The first-order valence-corrected chi connectivity index (χ1v) is 1.72. The molecule has 0 saturated carbocycles. The highest BCUT2D eigenvalue weighted by Gasteiger charge is 1.93. The molecule has 1 aliphatic heterocycles. The molecule has 7 heavy (non-hydrogen) atoms. The molecule has 0 N–H and O–H groups in total. The van der Waals surface area contributed by atoms with Gasteiger partial charge in [0.1, 0.15) is 0 Å². The Morgan fingerprint density at radius 1 is 1.86 bits per heavy atom. The van der Waals surface area contributed by atoms with E-state index in [2.05, 4.69) is 16.6 Å². The van der Waals surface area contributed by atoms with E-state index in [0.717, 1.165) is 6.20 Å². The highest BCUT2D eigenvalue weighted by molar-refractivity contribution is 5.23. The second-order valence-electron chi connectivity index (χ2n) is 1.06. The monoisotopic (exact) mass is 100 g/mol. The summed E-state index contributed by atoms with van der Waals surface area (Å²) in [5, 5.41) is 3.36. The molecule has 1 rings (SSSR count). The quantitative estimate of drug-likeness (QED) is 0.453. The molecule has 38 valence electrons. The summed E-state index contributed by atoms with van der Waals surface area (Å²) in [4.78, 5) is 0. The molecule has 0 unspecified atom stereocenters. The van der Waals surface area contributed by atoms with Crippen molar-refractivity contribution in [2.75, 3.05) is 0 Å². The smallest absolute Gasteiger partial charge is 0.254 e. The van der Waals surface area contributed by atoms with Gasteiger partial charge in [-0.2, -0.15) is 4.39 Å². The minimum Gasteiger partial charge on any atom is -0.629 e. The van der Waals surface area contributed by atoms with Gasteiger partial charge in [0, 0.05) is 5.88 Å². The van der Waals surface area contributed by atoms with Crippen LogP contribution in [0.4, 0.5) is 4.39 Å². The van der Waals surface area contributed by atoms with Gasteiger partial charge in [0.05, 0.1) is 0 Å². The summed E-state index contributed by atoms with van der Waals surface area (Å²) >= 11 is 0. The zero-order chi connectivity index (χ0) is 5.28. The third-order valence-corrected chi connectivity index (χ3v) is 0.525. The van der Waals surface area contributed by atoms with E-state index in [9.17, 15) is 4.39 Å². The van der Waals surface area contributed by atoms with E-state index in [4.69, 9.17) is 0 Å². The summed E-state index contributed by atoms with van der Waals surface area (Å²) in [5.74, 6) is 0.109. The van der Waals surface area contributed by atoms with Crippen LogP contribution in [0.2, 0.25) is 0 Å². The molecule has 1 aliphatic rings. The Bertz CT molecular complexity index is 130. The third-order valence-electron chi connectivity index (χ3n) is 0.525. The summed E-state index contributed by atoms with van der Waals surface area (Å²) in [5.41, 5.74) is 0. The number of halogens is 1. The van der Waals surface area contributed by atoms with Crippen LogP contribution in [0, 0.1) is 0 Å². The van der Waals surface area contributed by atoms with Gasteiger partial charge >= 0.3 is 0 Å². The van der Waals surface area contributed by atoms with E-state index < -0.39 is 6.01 Å². The molecule has 0 aromatic carbocycles. The zero-order valence-corrected chi connectivity index (χ0v) is 3.52. The molecular weight excluding hydrogens is 97.0 g/mol. The number of rotatable bonds is 0. The van der Waals surface area contributed by atoms with Gasteiger partial charge in [-0.1, -0.05) is 12.8 Å². The maximum Gasteiger partial charge on any atom is 0.254 e. The van der Waals surface area contributed by atoms with E-state index in [1.165, 1.54) is 0 Å². The van der Waals surface area contributed by atoms with Gasteiger partial charge in [-0.25, -0.2) is 0 Å². The molecule has 3 heteroatoms. The average molecular weight is 100 g/mol. The van der Waals surface area contributed by atoms with E-state index in [1.54, 1.807) is 0 Å². The van der Waals surface area contributed by atoms with Crippen LogP contribution < -0.4 is 0 Å². The number of ether oxygens (including phenoxy) is 1. The van der Waals surface area contributed by atoms with Crippen LogP contribution in [0.5, 0.6) is 0 Å². The maximum atomic E-state index is 11.7. The van der Waals surface area contributed by atoms with Gasteiger partial charge in [0.15, 0.2) is 0 Å². The van der Waals surface area contributed by atoms with Gasteiger partial charge in [-0.05, 0) is 0 Å². The number of nitrogens with zero attached hydrogens (tertiary/aromatic N) is 1. The fraction of sp³-hybridized carbons (Fsp3) is 0. The molecule has 1 heterocycles.